The van der Waals surface area contributed by atoms with Crippen LogP contribution in [0, 0.1) is 5.92 Å². The van der Waals surface area contributed by atoms with Crippen molar-refractivity contribution in [1.82, 2.24) is 20.0 Å². The number of halogens is 1. The number of nitrogens with one attached hydrogen (secondary N) is 1. The lowest BCUT2D eigenvalue weighted by atomic mass is 10.1. The molecule has 104 valence electrons. The largest absolute Gasteiger partial charge is 0.317 e. The lowest BCUT2D eigenvalue weighted by Gasteiger charge is -2.15. The molecular formula is C13H25ClN4. The van der Waals surface area contributed by atoms with Gasteiger partial charge in [0.15, 0.2) is 0 Å². The zero-order chi connectivity index (χ0) is 13.5. The predicted molar refractivity (Wildman–Crippen MR) is 77.2 cm³/mol. The fourth-order valence-electron chi connectivity index (χ4n) is 1.87. The summed E-state index contributed by atoms with van der Waals surface area (Å²) in [4.78, 5) is 2.15. The summed E-state index contributed by atoms with van der Waals surface area (Å²) in [5.41, 5.74) is 1.16. The van der Waals surface area contributed by atoms with E-state index in [4.69, 9.17) is 11.6 Å². The van der Waals surface area contributed by atoms with Crippen molar-refractivity contribution >= 4 is 11.6 Å². The van der Waals surface area contributed by atoms with Crippen LogP contribution in [0.5, 0.6) is 0 Å². The Morgan fingerprint density at radius 3 is 2.83 bits per heavy atom. The fraction of sp³-hybridized carbons (Fsp3) is 0.769. The van der Waals surface area contributed by atoms with Gasteiger partial charge in [0.25, 0.3) is 0 Å². The van der Waals surface area contributed by atoms with E-state index >= 15 is 0 Å². The molecule has 0 radical (unpaired) electrons. The highest BCUT2D eigenvalue weighted by Gasteiger charge is 2.12. The quantitative estimate of drug-likeness (QED) is 0.785. The number of likely N-dealkylation sites (N-methyl/N-ethyl adjacent to an activating group) is 1. The molecule has 1 heterocycles. The Morgan fingerprint density at radius 2 is 2.22 bits per heavy atom. The molecule has 4 nitrogen and oxygen atoms in total. The molecular weight excluding hydrogens is 248 g/mol. The highest BCUT2D eigenvalue weighted by atomic mass is 35.5. The first kappa shape index (κ1) is 15.5. The monoisotopic (exact) mass is 272 g/mol. The van der Waals surface area contributed by atoms with E-state index in [0.717, 1.165) is 43.3 Å². The van der Waals surface area contributed by atoms with Gasteiger partial charge in [0.05, 0.1) is 23.5 Å². The van der Waals surface area contributed by atoms with E-state index in [0.29, 0.717) is 5.92 Å². The molecule has 0 aliphatic heterocycles. The molecule has 0 aromatic carbocycles. The fourth-order valence-corrected chi connectivity index (χ4v) is 2.09. The van der Waals surface area contributed by atoms with Gasteiger partial charge in [0, 0.05) is 6.54 Å². The van der Waals surface area contributed by atoms with Crippen molar-refractivity contribution in [3.8, 4) is 0 Å². The van der Waals surface area contributed by atoms with Gasteiger partial charge in [-0.1, -0.05) is 25.4 Å². The van der Waals surface area contributed by atoms with Crippen LogP contribution in [0.4, 0.5) is 0 Å². The number of rotatable bonds is 8. The van der Waals surface area contributed by atoms with Gasteiger partial charge in [0.2, 0.25) is 0 Å². The lowest BCUT2D eigenvalue weighted by molar-refractivity contribution is 0.366. The maximum atomic E-state index is 6.22. The van der Waals surface area contributed by atoms with Crippen LogP contribution in [0.15, 0.2) is 6.20 Å². The molecule has 1 atom stereocenters. The van der Waals surface area contributed by atoms with E-state index in [1.807, 2.05) is 4.68 Å². The molecule has 1 rings (SSSR count). The Labute approximate surface area is 115 Å². The summed E-state index contributed by atoms with van der Waals surface area (Å²) < 4.78 is 2.03. The van der Waals surface area contributed by atoms with Gasteiger partial charge in [0.1, 0.15) is 0 Å². The van der Waals surface area contributed by atoms with Crippen LogP contribution in [-0.4, -0.2) is 48.4 Å². The zero-order valence-corrected chi connectivity index (χ0v) is 12.7. The molecule has 0 saturated carbocycles. The minimum atomic E-state index is 0.567. The topological polar surface area (TPSA) is 33.1 Å². The summed E-state index contributed by atoms with van der Waals surface area (Å²) in [6.45, 7) is 8.27. The van der Waals surface area contributed by atoms with Gasteiger partial charge >= 0.3 is 0 Å². The van der Waals surface area contributed by atoms with Gasteiger partial charge in [-0.25, -0.2) is 0 Å². The summed E-state index contributed by atoms with van der Waals surface area (Å²) in [6.07, 6.45) is 2.73. The molecule has 1 aromatic rings. The molecule has 1 N–H and O–H groups in total. The maximum Gasteiger partial charge on any atom is 0.0817 e. The van der Waals surface area contributed by atoms with Crippen LogP contribution in [0.3, 0.4) is 0 Å². The van der Waals surface area contributed by atoms with E-state index in [1.54, 1.807) is 6.20 Å². The first-order valence-corrected chi connectivity index (χ1v) is 6.98. The molecule has 0 aliphatic carbocycles. The highest BCUT2D eigenvalue weighted by molar-refractivity contribution is 6.31. The SMILES string of the molecule is CCNCC(C)Cc1c(Cl)cnn1CCN(C)C. The minimum Gasteiger partial charge on any atom is -0.317 e. The second-order valence-corrected chi connectivity index (χ2v) is 5.49. The summed E-state index contributed by atoms with van der Waals surface area (Å²) >= 11 is 6.22. The van der Waals surface area contributed by atoms with Gasteiger partial charge in [-0.2, -0.15) is 5.10 Å². The van der Waals surface area contributed by atoms with Crippen LogP contribution < -0.4 is 5.32 Å². The maximum absolute atomic E-state index is 6.22. The van der Waals surface area contributed by atoms with E-state index in [2.05, 4.69) is 43.3 Å². The Balaban J connectivity index is 2.60. The van der Waals surface area contributed by atoms with Crippen molar-refractivity contribution in [2.75, 3.05) is 33.7 Å². The van der Waals surface area contributed by atoms with Crippen molar-refractivity contribution in [3.63, 3.8) is 0 Å². The van der Waals surface area contributed by atoms with Crippen molar-refractivity contribution in [3.05, 3.63) is 16.9 Å². The summed E-state index contributed by atoms with van der Waals surface area (Å²) in [5, 5.41) is 8.52. The van der Waals surface area contributed by atoms with E-state index in [1.165, 1.54) is 0 Å². The van der Waals surface area contributed by atoms with Crippen LogP contribution in [0.2, 0.25) is 5.02 Å². The normalized spacial score (nSPS) is 13.2. The molecule has 0 fully saturated rings. The third-order valence-electron chi connectivity index (χ3n) is 2.94. The predicted octanol–water partition coefficient (Wildman–Crippen LogP) is 1.89. The zero-order valence-electron chi connectivity index (χ0n) is 11.9. The number of hydrogen-bond acceptors (Lipinski definition) is 3. The van der Waals surface area contributed by atoms with E-state index < -0.39 is 0 Å². The number of hydrogen-bond donors (Lipinski definition) is 1. The molecule has 5 heteroatoms. The van der Waals surface area contributed by atoms with Crippen molar-refractivity contribution in [2.45, 2.75) is 26.8 Å². The second-order valence-electron chi connectivity index (χ2n) is 5.08. The molecule has 18 heavy (non-hydrogen) atoms. The first-order chi connectivity index (χ1) is 8.54. The third-order valence-corrected chi connectivity index (χ3v) is 3.26. The molecule has 0 spiro atoms. The Hall–Kier alpha value is -0.580. The van der Waals surface area contributed by atoms with Crippen molar-refractivity contribution in [1.29, 1.82) is 0 Å². The summed E-state index contributed by atoms with van der Waals surface area (Å²) in [6, 6.07) is 0. The molecule has 0 aliphatic rings. The molecule has 1 unspecified atom stereocenters. The highest BCUT2D eigenvalue weighted by Crippen LogP contribution is 2.18. The van der Waals surface area contributed by atoms with Gasteiger partial charge < -0.3 is 10.2 Å². The van der Waals surface area contributed by atoms with Gasteiger partial charge in [-0.15, -0.1) is 0 Å². The smallest absolute Gasteiger partial charge is 0.0817 e. The van der Waals surface area contributed by atoms with Gasteiger partial charge in [-0.05, 0) is 39.5 Å². The van der Waals surface area contributed by atoms with E-state index in [9.17, 15) is 0 Å². The average molecular weight is 273 g/mol. The van der Waals surface area contributed by atoms with E-state index in [-0.39, 0.29) is 0 Å². The van der Waals surface area contributed by atoms with Crippen LogP contribution in [0.1, 0.15) is 19.5 Å². The van der Waals surface area contributed by atoms with Crippen molar-refractivity contribution < 1.29 is 0 Å². The Morgan fingerprint density at radius 1 is 1.50 bits per heavy atom. The Bertz CT molecular complexity index is 349. The molecule has 0 bridgehead atoms. The standard InChI is InChI=1S/C13H25ClN4/c1-5-15-9-11(2)8-13-12(14)10-16-18(13)7-6-17(3)4/h10-11,15H,5-9H2,1-4H3. The molecule has 0 saturated heterocycles. The summed E-state index contributed by atoms with van der Waals surface area (Å²) in [5.74, 6) is 0.567. The second kappa shape index (κ2) is 7.77. The van der Waals surface area contributed by atoms with Gasteiger partial charge in [-0.3, -0.25) is 4.68 Å². The minimum absolute atomic E-state index is 0.567. The van der Waals surface area contributed by atoms with Crippen LogP contribution >= 0.6 is 11.6 Å². The van der Waals surface area contributed by atoms with Crippen LogP contribution in [0.25, 0.3) is 0 Å². The lowest BCUT2D eigenvalue weighted by Crippen LogP contribution is -2.24. The first-order valence-electron chi connectivity index (χ1n) is 6.60. The van der Waals surface area contributed by atoms with Crippen molar-refractivity contribution in [2.24, 2.45) is 5.92 Å². The number of nitrogens with zero attached hydrogens (tertiary/aromatic N) is 3. The Kier molecular flexibility index (Phi) is 6.68. The van der Waals surface area contributed by atoms with Crippen LogP contribution in [-0.2, 0) is 13.0 Å². The third kappa shape index (κ3) is 4.96. The summed E-state index contributed by atoms with van der Waals surface area (Å²) in [7, 11) is 4.14. The molecule has 0 amide bonds. The average Bonchev–Trinajstić information content (AvgIpc) is 2.66. The number of aromatic nitrogens is 2. The molecule has 1 aromatic heterocycles.